The van der Waals surface area contributed by atoms with Crippen molar-refractivity contribution in [3.8, 4) is 0 Å². The third kappa shape index (κ3) is 2.60. The molecule has 0 bridgehead atoms. The standard InChI is InChI=1S/C13H18N2S/c1-9(2)3-4-11(14)10-7-13-12(15-8-10)5-6-16-13/h5-9,11H,3-4,14H2,1-2H3. The van der Waals surface area contributed by atoms with Gasteiger partial charge >= 0.3 is 0 Å². The molecule has 16 heavy (non-hydrogen) atoms. The number of fused-ring (bicyclic) bond motifs is 1. The maximum Gasteiger partial charge on any atom is 0.0809 e. The van der Waals surface area contributed by atoms with Crippen molar-refractivity contribution < 1.29 is 0 Å². The van der Waals surface area contributed by atoms with Gasteiger partial charge in [0.15, 0.2) is 0 Å². The molecule has 2 heterocycles. The summed E-state index contributed by atoms with van der Waals surface area (Å²) < 4.78 is 1.23. The Morgan fingerprint density at radius 3 is 2.94 bits per heavy atom. The van der Waals surface area contributed by atoms with Crippen LogP contribution < -0.4 is 5.73 Å². The van der Waals surface area contributed by atoms with Crippen molar-refractivity contribution in [1.29, 1.82) is 0 Å². The summed E-state index contributed by atoms with van der Waals surface area (Å²) in [6.45, 7) is 4.46. The SMILES string of the molecule is CC(C)CCC(N)c1cnc2ccsc2c1. The number of nitrogens with two attached hydrogens (primary N) is 1. The molecule has 0 aliphatic carbocycles. The number of aromatic nitrogens is 1. The Morgan fingerprint density at radius 2 is 2.19 bits per heavy atom. The molecule has 2 aromatic heterocycles. The molecule has 0 saturated heterocycles. The van der Waals surface area contributed by atoms with Crippen LogP contribution in [0.1, 0.15) is 38.3 Å². The second-order valence-electron chi connectivity index (χ2n) is 4.65. The number of pyridine rings is 1. The Kier molecular flexibility index (Phi) is 3.56. The van der Waals surface area contributed by atoms with Gasteiger partial charge in [-0.05, 0) is 41.8 Å². The summed E-state index contributed by atoms with van der Waals surface area (Å²) in [6.07, 6.45) is 4.12. The first-order valence-corrected chi connectivity index (χ1v) is 6.63. The van der Waals surface area contributed by atoms with Crippen LogP contribution in [0.15, 0.2) is 23.7 Å². The normalized spacial score (nSPS) is 13.5. The third-order valence-electron chi connectivity index (χ3n) is 2.81. The fraction of sp³-hybridized carbons (Fsp3) is 0.462. The fourth-order valence-electron chi connectivity index (χ4n) is 1.74. The van der Waals surface area contributed by atoms with Crippen LogP contribution in [0.25, 0.3) is 10.2 Å². The van der Waals surface area contributed by atoms with Crippen LogP contribution in [0.5, 0.6) is 0 Å². The van der Waals surface area contributed by atoms with Gasteiger partial charge in [0.05, 0.1) is 10.2 Å². The highest BCUT2D eigenvalue weighted by Gasteiger charge is 2.08. The van der Waals surface area contributed by atoms with Gasteiger partial charge in [0, 0.05) is 12.2 Å². The largest absolute Gasteiger partial charge is 0.324 e. The van der Waals surface area contributed by atoms with E-state index in [1.807, 2.05) is 12.3 Å². The van der Waals surface area contributed by atoms with Gasteiger partial charge in [0.1, 0.15) is 0 Å². The fourth-order valence-corrected chi connectivity index (χ4v) is 2.53. The molecule has 1 atom stereocenters. The summed E-state index contributed by atoms with van der Waals surface area (Å²) in [6, 6.07) is 4.35. The lowest BCUT2D eigenvalue weighted by Gasteiger charge is -2.13. The Balaban J connectivity index is 2.12. The van der Waals surface area contributed by atoms with Crippen molar-refractivity contribution in [1.82, 2.24) is 4.98 Å². The van der Waals surface area contributed by atoms with Crippen molar-refractivity contribution in [3.05, 3.63) is 29.3 Å². The van der Waals surface area contributed by atoms with Crippen LogP contribution in [0.4, 0.5) is 0 Å². The zero-order valence-electron chi connectivity index (χ0n) is 9.81. The first-order chi connectivity index (χ1) is 7.66. The van der Waals surface area contributed by atoms with Crippen LogP contribution in [-0.2, 0) is 0 Å². The minimum Gasteiger partial charge on any atom is -0.324 e. The van der Waals surface area contributed by atoms with E-state index < -0.39 is 0 Å². The molecular formula is C13H18N2S. The predicted molar refractivity (Wildman–Crippen MR) is 70.6 cm³/mol. The van der Waals surface area contributed by atoms with E-state index in [4.69, 9.17) is 5.73 Å². The molecule has 0 spiro atoms. The average Bonchev–Trinajstić information content (AvgIpc) is 2.72. The summed E-state index contributed by atoms with van der Waals surface area (Å²) in [5.74, 6) is 0.712. The summed E-state index contributed by atoms with van der Waals surface area (Å²) >= 11 is 1.73. The van der Waals surface area contributed by atoms with E-state index in [-0.39, 0.29) is 6.04 Å². The Morgan fingerprint density at radius 1 is 1.38 bits per heavy atom. The summed E-state index contributed by atoms with van der Waals surface area (Å²) in [4.78, 5) is 4.42. The molecule has 0 fully saturated rings. The Labute approximate surface area is 101 Å². The molecular weight excluding hydrogens is 216 g/mol. The van der Waals surface area contributed by atoms with E-state index in [1.54, 1.807) is 11.3 Å². The number of rotatable bonds is 4. The highest BCUT2D eigenvalue weighted by atomic mass is 32.1. The van der Waals surface area contributed by atoms with Gasteiger partial charge in [-0.2, -0.15) is 0 Å². The molecule has 0 radical (unpaired) electrons. The van der Waals surface area contributed by atoms with Gasteiger partial charge in [-0.1, -0.05) is 13.8 Å². The van der Waals surface area contributed by atoms with E-state index >= 15 is 0 Å². The zero-order valence-corrected chi connectivity index (χ0v) is 10.6. The lowest BCUT2D eigenvalue weighted by atomic mass is 9.99. The predicted octanol–water partition coefficient (Wildman–Crippen LogP) is 3.73. The molecule has 2 N–H and O–H groups in total. The highest BCUT2D eigenvalue weighted by Crippen LogP contribution is 2.24. The quantitative estimate of drug-likeness (QED) is 0.875. The van der Waals surface area contributed by atoms with Gasteiger partial charge in [-0.15, -0.1) is 11.3 Å². The highest BCUT2D eigenvalue weighted by molar-refractivity contribution is 7.17. The maximum atomic E-state index is 6.17. The topological polar surface area (TPSA) is 38.9 Å². The minimum atomic E-state index is 0.126. The van der Waals surface area contributed by atoms with Crippen molar-refractivity contribution in [2.75, 3.05) is 0 Å². The molecule has 3 heteroatoms. The molecule has 2 aromatic rings. The minimum absolute atomic E-state index is 0.126. The molecule has 2 rings (SSSR count). The lowest BCUT2D eigenvalue weighted by molar-refractivity contribution is 0.507. The Bertz CT molecular complexity index is 462. The molecule has 0 aromatic carbocycles. The third-order valence-corrected chi connectivity index (χ3v) is 3.66. The number of nitrogens with zero attached hydrogens (tertiary/aromatic N) is 1. The first kappa shape index (κ1) is 11.6. The molecule has 86 valence electrons. The molecule has 2 nitrogen and oxygen atoms in total. The van der Waals surface area contributed by atoms with Crippen LogP contribution >= 0.6 is 11.3 Å². The van der Waals surface area contributed by atoms with E-state index in [0.717, 1.165) is 17.5 Å². The summed E-state index contributed by atoms with van der Waals surface area (Å²) in [7, 11) is 0. The van der Waals surface area contributed by atoms with Crippen LogP contribution in [0, 0.1) is 5.92 Å². The van der Waals surface area contributed by atoms with Gasteiger partial charge < -0.3 is 5.73 Å². The van der Waals surface area contributed by atoms with Crippen molar-refractivity contribution >= 4 is 21.6 Å². The number of hydrogen-bond donors (Lipinski definition) is 1. The molecule has 0 aliphatic rings. The summed E-state index contributed by atoms with van der Waals surface area (Å²) in [5, 5.41) is 2.07. The van der Waals surface area contributed by atoms with Crippen molar-refractivity contribution in [2.45, 2.75) is 32.7 Å². The number of hydrogen-bond acceptors (Lipinski definition) is 3. The monoisotopic (exact) mass is 234 g/mol. The maximum absolute atomic E-state index is 6.17. The second kappa shape index (κ2) is 4.93. The van der Waals surface area contributed by atoms with E-state index in [0.29, 0.717) is 5.92 Å². The Hall–Kier alpha value is -0.930. The van der Waals surface area contributed by atoms with Crippen molar-refractivity contribution in [3.63, 3.8) is 0 Å². The van der Waals surface area contributed by atoms with Crippen LogP contribution in [0.2, 0.25) is 0 Å². The van der Waals surface area contributed by atoms with E-state index in [1.165, 1.54) is 11.1 Å². The zero-order chi connectivity index (χ0) is 11.5. The van der Waals surface area contributed by atoms with E-state index in [2.05, 4.69) is 30.3 Å². The molecule has 0 aliphatic heterocycles. The number of thiophene rings is 1. The second-order valence-corrected chi connectivity index (χ2v) is 5.60. The van der Waals surface area contributed by atoms with Gasteiger partial charge in [0.25, 0.3) is 0 Å². The van der Waals surface area contributed by atoms with Gasteiger partial charge in [-0.25, -0.2) is 0 Å². The molecule has 0 saturated carbocycles. The van der Waals surface area contributed by atoms with E-state index in [9.17, 15) is 0 Å². The summed E-state index contributed by atoms with van der Waals surface area (Å²) in [5.41, 5.74) is 8.40. The van der Waals surface area contributed by atoms with Gasteiger partial charge in [0.2, 0.25) is 0 Å². The smallest absolute Gasteiger partial charge is 0.0809 e. The first-order valence-electron chi connectivity index (χ1n) is 5.75. The molecule has 0 amide bonds. The molecule has 1 unspecified atom stereocenters. The van der Waals surface area contributed by atoms with Gasteiger partial charge in [-0.3, -0.25) is 4.98 Å². The van der Waals surface area contributed by atoms with Crippen molar-refractivity contribution in [2.24, 2.45) is 11.7 Å². The van der Waals surface area contributed by atoms with Crippen LogP contribution in [-0.4, -0.2) is 4.98 Å². The van der Waals surface area contributed by atoms with Crippen LogP contribution in [0.3, 0.4) is 0 Å². The lowest BCUT2D eigenvalue weighted by Crippen LogP contribution is -2.11. The average molecular weight is 234 g/mol.